The molecule has 2 nitrogen and oxygen atoms in total. The molecule has 1 heterocycles. The van der Waals surface area contributed by atoms with Gasteiger partial charge in [0.2, 0.25) is 0 Å². The lowest BCUT2D eigenvalue weighted by molar-refractivity contribution is 0.272. The monoisotopic (exact) mass is 298 g/mol. The summed E-state index contributed by atoms with van der Waals surface area (Å²) >= 11 is 12.2. The molecule has 0 bridgehead atoms. The fourth-order valence-corrected chi connectivity index (χ4v) is 3.38. The number of rotatable bonds is 4. The van der Waals surface area contributed by atoms with Crippen LogP contribution in [0, 0.1) is 5.92 Å². The van der Waals surface area contributed by atoms with E-state index >= 15 is 0 Å². The summed E-state index contributed by atoms with van der Waals surface area (Å²) in [5.74, 6) is 0.669. The van der Waals surface area contributed by atoms with Crippen LogP contribution >= 0.6 is 23.2 Å². The Morgan fingerprint density at radius 3 is 2.68 bits per heavy atom. The van der Waals surface area contributed by atoms with Gasteiger partial charge in [-0.05, 0) is 56.5 Å². The predicted molar refractivity (Wildman–Crippen MR) is 81.0 cm³/mol. The number of hydrogen-bond donors (Lipinski definition) is 1. The maximum absolute atomic E-state index is 6.16. The van der Waals surface area contributed by atoms with Crippen molar-refractivity contribution in [3.05, 3.63) is 33.8 Å². The highest BCUT2D eigenvalue weighted by Gasteiger charge is 2.34. The SMILES string of the molecule is CN1CCC(CNC2CC2)C1c1ccc(Cl)c(Cl)c1. The van der Waals surface area contributed by atoms with E-state index in [4.69, 9.17) is 23.2 Å². The van der Waals surface area contributed by atoms with Crippen LogP contribution in [0.4, 0.5) is 0 Å². The summed E-state index contributed by atoms with van der Waals surface area (Å²) < 4.78 is 0. The third-order valence-electron chi connectivity index (χ3n) is 4.31. The van der Waals surface area contributed by atoms with Crippen LogP contribution < -0.4 is 5.32 Å². The summed E-state index contributed by atoms with van der Waals surface area (Å²) in [5.41, 5.74) is 1.29. The Balaban J connectivity index is 1.75. The number of likely N-dealkylation sites (tertiary alicyclic amines) is 1. The third-order valence-corrected chi connectivity index (χ3v) is 5.04. The molecule has 1 saturated heterocycles. The smallest absolute Gasteiger partial charge is 0.0595 e. The lowest BCUT2D eigenvalue weighted by Crippen LogP contribution is -2.29. The topological polar surface area (TPSA) is 15.3 Å². The van der Waals surface area contributed by atoms with Crippen LogP contribution in [0.5, 0.6) is 0 Å². The van der Waals surface area contributed by atoms with Gasteiger partial charge < -0.3 is 5.32 Å². The minimum atomic E-state index is 0.459. The lowest BCUT2D eigenvalue weighted by Gasteiger charge is -2.26. The van der Waals surface area contributed by atoms with Crippen molar-refractivity contribution >= 4 is 23.2 Å². The first-order valence-electron chi connectivity index (χ1n) is 7.03. The molecule has 0 amide bonds. The number of benzene rings is 1. The molecule has 1 aliphatic carbocycles. The zero-order valence-corrected chi connectivity index (χ0v) is 12.7. The molecule has 3 rings (SSSR count). The zero-order chi connectivity index (χ0) is 13.4. The maximum atomic E-state index is 6.16. The predicted octanol–water partition coefficient (Wildman–Crippen LogP) is 3.74. The molecule has 2 atom stereocenters. The van der Waals surface area contributed by atoms with Crippen LogP contribution in [0.1, 0.15) is 30.9 Å². The molecular formula is C15H20Cl2N2. The molecular weight excluding hydrogens is 279 g/mol. The van der Waals surface area contributed by atoms with E-state index in [1.807, 2.05) is 12.1 Å². The van der Waals surface area contributed by atoms with E-state index < -0.39 is 0 Å². The second kappa shape index (κ2) is 5.61. The van der Waals surface area contributed by atoms with Crippen LogP contribution in [0.15, 0.2) is 18.2 Å². The summed E-state index contributed by atoms with van der Waals surface area (Å²) in [4.78, 5) is 2.43. The average molecular weight is 299 g/mol. The summed E-state index contributed by atoms with van der Waals surface area (Å²) in [6.45, 7) is 2.27. The standard InChI is InChI=1S/C15H20Cl2N2/c1-19-7-6-11(9-18-12-3-4-12)15(19)10-2-5-13(16)14(17)8-10/h2,5,8,11-12,15,18H,3-4,6-7,9H2,1H3. The molecule has 0 aromatic heterocycles. The van der Waals surface area contributed by atoms with Gasteiger partial charge in [-0.15, -0.1) is 0 Å². The quantitative estimate of drug-likeness (QED) is 0.911. The van der Waals surface area contributed by atoms with E-state index in [-0.39, 0.29) is 0 Å². The van der Waals surface area contributed by atoms with Gasteiger partial charge in [0.15, 0.2) is 0 Å². The van der Waals surface area contributed by atoms with Gasteiger partial charge in [0.05, 0.1) is 10.0 Å². The maximum Gasteiger partial charge on any atom is 0.0595 e. The van der Waals surface area contributed by atoms with E-state index in [1.165, 1.54) is 24.8 Å². The second-order valence-electron chi connectivity index (χ2n) is 5.83. The van der Waals surface area contributed by atoms with Crippen molar-refractivity contribution in [2.75, 3.05) is 20.1 Å². The van der Waals surface area contributed by atoms with Crippen molar-refractivity contribution in [2.45, 2.75) is 31.3 Å². The largest absolute Gasteiger partial charge is 0.314 e. The number of hydrogen-bond acceptors (Lipinski definition) is 2. The summed E-state index contributed by atoms with van der Waals surface area (Å²) in [6, 6.07) is 7.30. The highest BCUT2D eigenvalue weighted by molar-refractivity contribution is 6.42. The lowest BCUT2D eigenvalue weighted by atomic mass is 9.93. The zero-order valence-electron chi connectivity index (χ0n) is 11.2. The summed E-state index contributed by atoms with van der Waals surface area (Å²) in [6.07, 6.45) is 3.95. The van der Waals surface area contributed by atoms with Crippen molar-refractivity contribution in [3.63, 3.8) is 0 Å². The molecule has 4 heteroatoms. The van der Waals surface area contributed by atoms with Gasteiger partial charge in [-0.3, -0.25) is 4.90 Å². The van der Waals surface area contributed by atoms with E-state index in [0.717, 1.165) is 19.1 Å². The molecule has 1 aromatic rings. The average Bonchev–Trinajstić information content (AvgIpc) is 3.14. The van der Waals surface area contributed by atoms with Crippen LogP contribution in [0.3, 0.4) is 0 Å². The van der Waals surface area contributed by atoms with E-state index in [2.05, 4.69) is 23.3 Å². The molecule has 104 valence electrons. The normalized spacial score (nSPS) is 27.9. The fraction of sp³-hybridized carbons (Fsp3) is 0.600. The first kappa shape index (κ1) is 13.7. The van der Waals surface area contributed by atoms with Gasteiger partial charge in [-0.1, -0.05) is 29.3 Å². The van der Waals surface area contributed by atoms with E-state index in [1.54, 1.807) is 0 Å². The third kappa shape index (κ3) is 3.08. The Hall–Kier alpha value is -0.280. The Labute approximate surface area is 125 Å². The first-order chi connectivity index (χ1) is 9.15. The molecule has 0 radical (unpaired) electrons. The summed E-state index contributed by atoms with van der Waals surface area (Å²) in [5, 5.41) is 4.96. The van der Waals surface area contributed by atoms with Gasteiger partial charge in [0.25, 0.3) is 0 Å². The van der Waals surface area contributed by atoms with Crippen molar-refractivity contribution in [3.8, 4) is 0 Å². The van der Waals surface area contributed by atoms with Gasteiger partial charge in [0.1, 0.15) is 0 Å². The van der Waals surface area contributed by atoms with Crippen molar-refractivity contribution < 1.29 is 0 Å². The first-order valence-corrected chi connectivity index (χ1v) is 7.79. The van der Waals surface area contributed by atoms with Crippen LogP contribution in [-0.4, -0.2) is 31.1 Å². The highest BCUT2D eigenvalue weighted by Crippen LogP contribution is 2.38. The van der Waals surface area contributed by atoms with Crippen molar-refractivity contribution in [1.29, 1.82) is 0 Å². The molecule has 2 unspecified atom stereocenters. The van der Waals surface area contributed by atoms with Crippen molar-refractivity contribution in [1.82, 2.24) is 10.2 Å². The second-order valence-corrected chi connectivity index (χ2v) is 6.64. The Morgan fingerprint density at radius 1 is 1.21 bits per heavy atom. The molecule has 1 N–H and O–H groups in total. The van der Waals surface area contributed by atoms with Gasteiger partial charge in [-0.25, -0.2) is 0 Å². The Bertz CT molecular complexity index is 459. The molecule has 1 aromatic carbocycles. The van der Waals surface area contributed by atoms with Gasteiger partial charge in [0, 0.05) is 18.6 Å². The minimum absolute atomic E-state index is 0.459. The Morgan fingerprint density at radius 2 is 2.00 bits per heavy atom. The van der Waals surface area contributed by atoms with E-state index in [9.17, 15) is 0 Å². The van der Waals surface area contributed by atoms with Crippen LogP contribution in [0.25, 0.3) is 0 Å². The summed E-state index contributed by atoms with van der Waals surface area (Å²) in [7, 11) is 2.20. The Kier molecular flexibility index (Phi) is 4.04. The number of nitrogens with one attached hydrogen (secondary N) is 1. The van der Waals surface area contributed by atoms with Gasteiger partial charge >= 0.3 is 0 Å². The fourth-order valence-electron chi connectivity index (χ4n) is 3.07. The molecule has 2 aliphatic rings. The molecule has 19 heavy (non-hydrogen) atoms. The molecule has 2 fully saturated rings. The van der Waals surface area contributed by atoms with Gasteiger partial charge in [-0.2, -0.15) is 0 Å². The van der Waals surface area contributed by atoms with Crippen LogP contribution in [0.2, 0.25) is 10.0 Å². The molecule has 1 aliphatic heterocycles. The highest BCUT2D eigenvalue weighted by atomic mass is 35.5. The number of nitrogens with zero attached hydrogens (tertiary/aromatic N) is 1. The molecule has 0 spiro atoms. The van der Waals surface area contributed by atoms with E-state index in [0.29, 0.717) is 22.0 Å². The molecule has 1 saturated carbocycles. The minimum Gasteiger partial charge on any atom is -0.314 e. The van der Waals surface area contributed by atoms with Crippen LogP contribution in [-0.2, 0) is 0 Å². The number of halogens is 2. The van der Waals surface area contributed by atoms with Crippen molar-refractivity contribution in [2.24, 2.45) is 5.92 Å².